The highest BCUT2D eigenvalue weighted by atomic mass is 14.4. The first kappa shape index (κ1) is 16.0. The standard InChI is InChI=1S/C16H34/c1-12(11-14(2,3)4)13(15(5,6)7)16(8,9)10/h12-13H,11H2,1-10H3. The monoisotopic (exact) mass is 226 g/mol. The summed E-state index contributed by atoms with van der Waals surface area (Å²) in [6.45, 7) is 23.8. The van der Waals surface area contributed by atoms with Gasteiger partial charge in [-0.1, -0.05) is 69.2 Å². The van der Waals surface area contributed by atoms with Gasteiger partial charge in [0.1, 0.15) is 0 Å². The molecule has 0 aromatic heterocycles. The third-order valence-electron chi connectivity index (χ3n) is 3.37. The van der Waals surface area contributed by atoms with E-state index in [0.717, 1.165) is 11.8 Å². The Morgan fingerprint density at radius 2 is 1.00 bits per heavy atom. The summed E-state index contributed by atoms with van der Waals surface area (Å²) in [7, 11) is 0. The maximum absolute atomic E-state index is 2.44. The third-order valence-corrected chi connectivity index (χ3v) is 3.37. The summed E-state index contributed by atoms with van der Waals surface area (Å²) in [5, 5.41) is 0. The number of hydrogen-bond donors (Lipinski definition) is 0. The van der Waals surface area contributed by atoms with Crippen LogP contribution in [0.15, 0.2) is 0 Å². The molecule has 0 heteroatoms. The fourth-order valence-electron chi connectivity index (χ4n) is 4.09. The van der Waals surface area contributed by atoms with Gasteiger partial charge in [-0.3, -0.25) is 0 Å². The van der Waals surface area contributed by atoms with Gasteiger partial charge < -0.3 is 0 Å². The molecule has 0 saturated heterocycles. The molecule has 16 heavy (non-hydrogen) atoms. The van der Waals surface area contributed by atoms with Crippen molar-refractivity contribution in [3.05, 3.63) is 0 Å². The second-order valence-corrected chi connectivity index (χ2v) is 8.95. The van der Waals surface area contributed by atoms with Crippen LogP contribution in [0.3, 0.4) is 0 Å². The van der Waals surface area contributed by atoms with Crippen molar-refractivity contribution in [1.29, 1.82) is 0 Å². The molecule has 0 aromatic rings. The van der Waals surface area contributed by atoms with E-state index >= 15 is 0 Å². The van der Waals surface area contributed by atoms with Crippen LogP contribution in [-0.4, -0.2) is 0 Å². The van der Waals surface area contributed by atoms with Crippen LogP contribution < -0.4 is 0 Å². The van der Waals surface area contributed by atoms with Crippen molar-refractivity contribution < 1.29 is 0 Å². The first-order valence-corrected chi connectivity index (χ1v) is 6.75. The first-order valence-electron chi connectivity index (χ1n) is 6.75. The molecule has 0 bridgehead atoms. The molecule has 1 unspecified atom stereocenters. The van der Waals surface area contributed by atoms with Crippen LogP contribution in [0.2, 0.25) is 0 Å². The second kappa shape index (κ2) is 4.70. The molecule has 0 aliphatic carbocycles. The summed E-state index contributed by atoms with van der Waals surface area (Å²) < 4.78 is 0. The lowest BCUT2D eigenvalue weighted by molar-refractivity contribution is 0.0321. The van der Waals surface area contributed by atoms with E-state index in [0.29, 0.717) is 16.2 Å². The van der Waals surface area contributed by atoms with Crippen LogP contribution in [-0.2, 0) is 0 Å². The molecule has 0 nitrogen and oxygen atoms in total. The van der Waals surface area contributed by atoms with E-state index in [1.165, 1.54) is 6.42 Å². The van der Waals surface area contributed by atoms with Gasteiger partial charge in [-0.05, 0) is 34.5 Å². The van der Waals surface area contributed by atoms with Crippen molar-refractivity contribution in [3.8, 4) is 0 Å². The molecule has 0 heterocycles. The Morgan fingerprint density at radius 1 is 0.688 bits per heavy atom. The Morgan fingerprint density at radius 3 is 1.19 bits per heavy atom. The van der Waals surface area contributed by atoms with Crippen LogP contribution in [0.5, 0.6) is 0 Å². The van der Waals surface area contributed by atoms with E-state index in [2.05, 4.69) is 69.2 Å². The molecule has 0 aliphatic rings. The van der Waals surface area contributed by atoms with Gasteiger partial charge in [0, 0.05) is 0 Å². The molecule has 0 aliphatic heterocycles. The smallest absolute Gasteiger partial charge is 0.0291 e. The number of hydrogen-bond acceptors (Lipinski definition) is 0. The zero-order chi connectivity index (χ0) is 13.4. The minimum atomic E-state index is 0.392. The average molecular weight is 226 g/mol. The van der Waals surface area contributed by atoms with E-state index in [4.69, 9.17) is 0 Å². The molecule has 1 atom stereocenters. The summed E-state index contributed by atoms with van der Waals surface area (Å²) in [5.41, 5.74) is 1.22. The van der Waals surface area contributed by atoms with Crippen LogP contribution in [0, 0.1) is 28.1 Å². The van der Waals surface area contributed by atoms with E-state index in [-0.39, 0.29) is 0 Å². The molecule has 0 fully saturated rings. The molecule has 98 valence electrons. The van der Waals surface area contributed by atoms with Gasteiger partial charge in [0.25, 0.3) is 0 Å². The normalized spacial score (nSPS) is 16.7. The summed E-state index contributed by atoms with van der Waals surface area (Å²) in [6, 6.07) is 0. The van der Waals surface area contributed by atoms with Gasteiger partial charge in [0.15, 0.2) is 0 Å². The van der Waals surface area contributed by atoms with Gasteiger partial charge in [0.2, 0.25) is 0 Å². The molecular weight excluding hydrogens is 192 g/mol. The van der Waals surface area contributed by atoms with Crippen LogP contribution in [0.25, 0.3) is 0 Å². The molecule has 0 spiro atoms. The van der Waals surface area contributed by atoms with Gasteiger partial charge in [-0.15, -0.1) is 0 Å². The molecule has 0 aromatic carbocycles. The Balaban J connectivity index is 4.94. The quantitative estimate of drug-likeness (QED) is 0.561. The van der Waals surface area contributed by atoms with Crippen LogP contribution >= 0.6 is 0 Å². The Hall–Kier alpha value is 0. The summed E-state index contributed by atoms with van der Waals surface area (Å²) in [6.07, 6.45) is 1.31. The number of rotatable bonds is 2. The lowest BCUT2D eigenvalue weighted by Gasteiger charge is -2.46. The summed E-state index contributed by atoms with van der Waals surface area (Å²) in [5.74, 6) is 1.54. The highest BCUT2D eigenvalue weighted by molar-refractivity contribution is 4.88. The van der Waals surface area contributed by atoms with Crippen molar-refractivity contribution >= 4 is 0 Å². The highest BCUT2D eigenvalue weighted by Gasteiger charge is 2.39. The molecule has 0 amide bonds. The molecular formula is C16H34. The van der Waals surface area contributed by atoms with Crippen molar-refractivity contribution in [2.45, 2.75) is 75.7 Å². The SMILES string of the molecule is CC(CC(C)(C)C)C(C(C)(C)C)C(C)(C)C. The van der Waals surface area contributed by atoms with Gasteiger partial charge in [0.05, 0.1) is 0 Å². The predicted octanol–water partition coefficient (Wildman–Crippen LogP) is 5.77. The second-order valence-electron chi connectivity index (χ2n) is 8.95. The average Bonchev–Trinajstić information content (AvgIpc) is 1.70. The molecule has 0 N–H and O–H groups in total. The van der Waals surface area contributed by atoms with E-state index < -0.39 is 0 Å². The van der Waals surface area contributed by atoms with E-state index in [1.807, 2.05) is 0 Å². The molecule has 0 rings (SSSR count). The lowest BCUT2D eigenvalue weighted by Crippen LogP contribution is -2.38. The Bertz CT molecular complexity index is 190. The molecule has 0 saturated carbocycles. The van der Waals surface area contributed by atoms with Crippen molar-refractivity contribution in [2.24, 2.45) is 28.1 Å². The maximum atomic E-state index is 2.44. The summed E-state index contributed by atoms with van der Waals surface area (Å²) in [4.78, 5) is 0. The minimum Gasteiger partial charge on any atom is -0.0622 e. The Kier molecular flexibility index (Phi) is 4.70. The van der Waals surface area contributed by atoms with Crippen LogP contribution in [0.4, 0.5) is 0 Å². The Labute approximate surface area is 104 Å². The fraction of sp³-hybridized carbons (Fsp3) is 1.00. The topological polar surface area (TPSA) is 0 Å². The van der Waals surface area contributed by atoms with Gasteiger partial charge in [-0.2, -0.15) is 0 Å². The predicted molar refractivity (Wildman–Crippen MR) is 75.6 cm³/mol. The van der Waals surface area contributed by atoms with Crippen molar-refractivity contribution in [1.82, 2.24) is 0 Å². The van der Waals surface area contributed by atoms with Crippen molar-refractivity contribution in [3.63, 3.8) is 0 Å². The van der Waals surface area contributed by atoms with E-state index in [1.54, 1.807) is 0 Å². The fourth-order valence-corrected chi connectivity index (χ4v) is 4.09. The third kappa shape index (κ3) is 5.37. The zero-order valence-electron chi connectivity index (χ0n) is 13.4. The first-order chi connectivity index (χ1) is 6.75. The van der Waals surface area contributed by atoms with Crippen molar-refractivity contribution in [2.75, 3.05) is 0 Å². The highest BCUT2D eigenvalue weighted by Crippen LogP contribution is 2.47. The van der Waals surface area contributed by atoms with Crippen LogP contribution in [0.1, 0.15) is 75.7 Å². The van der Waals surface area contributed by atoms with Gasteiger partial charge in [-0.25, -0.2) is 0 Å². The minimum absolute atomic E-state index is 0.392. The lowest BCUT2D eigenvalue weighted by atomic mass is 9.59. The van der Waals surface area contributed by atoms with E-state index in [9.17, 15) is 0 Å². The zero-order valence-corrected chi connectivity index (χ0v) is 13.4. The maximum Gasteiger partial charge on any atom is -0.0291 e. The van der Waals surface area contributed by atoms with Gasteiger partial charge >= 0.3 is 0 Å². The summed E-state index contributed by atoms with van der Waals surface area (Å²) >= 11 is 0. The molecule has 0 radical (unpaired) electrons. The largest absolute Gasteiger partial charge is 0.0622 e.